The molecule has 0 saturated heterocycles. The molecule has 0 aromatic heterocycles. The number of nitrogens with zero attached hydrogens (tertiary/aromatic N) is 2. The molecule has 0 spiro atoms. The molecule has 4 rings (SSSR count). The molecule has 4 aromatic rings. The van der Waals surface area contributed by atoms with Crippen molar-refractivity contribution in [2.75, 3.05) is 23.7 Å². The van der Waals surface area contributed by atoms with Crippen molar-refractivity contribution in [3.05, 3.63) is 120 Å². The molecule has 248 valence electrons. The molecule has 0 aliphatic rings. The summed E-state index contributed by atoms with van der Waals surface area (Å²) in [5.74, 6) is -0.879. The molecule has 1 unspecified atom stereocenters. The average molecular weight is 678 g/mol. The first kappa shape index (κ1) is 35.5. The number of nitrogens with one attached hydrogen (secondary N) is 1. The van der Waals surface area contributed by atoms with E-state index in [1.807, 2.05) is 57.4 Å². The SMILES string of the molecule is CCOc1ccc(N(CC(=O)N(Cc2ccc(F)cc2)C(Cc2ccccc2)C(=O)NC(C)C)S(=O)(=O)c2ccc(SC)cc2)cc1. The van der Waals surface area contributed by atoms with E-state index in [4.69, 9.17) is 4.74 Å². The zero-order chi connectivity index (χ0) is 34.0. The summed E-state index contributed by atoms with van der Waals surface area (Å²) in [6.07, 6.45) is 2.07. The fourth-order valence-corrected chi connectivity index (χ4v) is 6.82. The van der Waals surface area contributed by atoms with E-state index in [1.165, 1.54) is 40.9 Å². The Morgan fingerprint density at radius 1 is 0.872 bits per heavy atom. The topological polar surface area (TPSA) is 96.0 Å². The predicted molar refractivity (Wildman–Crippen MR) is 185 cm³/mol. The first-order chi connectivity index (χ1) is 22.5. The molecule has 0 bridgehead atoms. The number of anilines is 1. The normalized spacial score (nSPS) is 12.0. The average Bonchev–Trinajstić information content (AvgIpc) is 3.06. The van der Waals surface area contributed by atoms with Gasteiger partial charge in [0, 0.05) is 23.9 Å². The van der Waals surface area contributed by atoms with Gasteiger partial charge in [-0.25, -0.2) is 12.8 Å². The summed E-state index contributed by atoms with van der Waals surface area (Å²) < 4.78 is 48.9. The Bertz CT molecular complexity index is 1720. The van der Waals surface area contributed by atoms with Gasteiger partial charge in [0.15, 0.2) is 0 Å². The second-order valence-corrected chi connectivity index (χ2v) is 13.9. The Morgan fingerprint density at radius 2 is 1.51 bits per heavy atom. The van der Waals surface area contributed by atoms with Crippen molar-refractivity contribution in [3.8, 4) is 5.75 Å². The van der Waals surface area contributed by atoms with Crippen LogP contribution in [0.4, 0.5) is 10.1 Å². The summed E-state index contributed by atoms with van der Waals surface area (Å²) in [6, 6.07) is 26.7. The number of amides is 2. The van der Waals surface area contributed by atoms with E-state index >= 15 is 0 Å². The molecule has 8 nitrogen and oxygen atoms in total. The smallest absolute Gasteiger partial charge is 0.264 e. The third-order valence-electron chi connectivity index (χ3n) is 7.33. The minimum absolute atomic E-state index is 0.0143. The number of hydrogen-bond donors (Lipinski definition) is 1. The van der Waals surface area contributed by atoms with Crippen molar-refractivity contribution < 1.29 is 27.1 Å². The van der Waals surface area contributed by atoms with E-state index in [1.54, 1.807) is 48.5 Å². The van der Waals surface area contributed by atoms with Crippen LogP contribution in [0.3, 0.4) is 0 Å². The summed E-state index contributed by atoms with van der Waals surface area (Å²) in [6.45, 7) is 5.28. The minimum atomic E-state index is -4.25. The lowest BCUT2D eigenvalue weighted by Crippen LogP contribution is -2.54. The van der Waals surface area contributed by atoms with Gasteiger partial charge in [-0.15, -0.1) is 11.8 Å². The summed E-state index contributed by atoms with van der Waals surface area (Å²) in [5, 5.41) is 2.92. The van der Waals surface area contributed by atoms with E-state index < -0.39 is 34.3 Å². The standard InChI is InChI=1S/C36H40FN3O5S2/c1-5-45-31-17-15-30(16-18-31)40(47(43,44)33-21-19-32(46-4)20-22-33)25-35(41)39(24-28-11-13-29(37)14-12-28)34(36(42)38-26(2)3)23-27-9-7-6-8-10-27/h6-22,26,34H,5,23-25H2,1-4H3,(H,38,42). The highest BCUT2D eigenvalue weighted by atomic mass is 32.2. The second kappa shape index (κ2) is 16.5. The lowest BCUT2D eigenvalue weighted by molar-refractivity contribution is -0.140. The zero-order valence-electron chi connectivity index (χ0n) is 26.9. The lowest BCUT2D eigenvalue weighted by atomic mass is 10.0. The van der Waals surface area contributed by atoms with Gasteiger partial charge in [-0.05, 0) is 98.8 Å². The Hall–Kier alpha value is -4.35. The molecule has 2 amide bonds. The maximum Gasteiger partial charge on any atom is 0.264 e. The van der Waals surface area contributed by atoms with Crippen LogP contribution in [-0.2, 0) is 32.6 Å². The highest BCUT2D eigenvalue weighted by molar-refractivity contribution is 7.98. The largest absolute Gasteiger partial charge is 0.494 e. The lowest BCUT2D eigenvalue weighted by Gasteiger charge is -2.34. The van der Waals surface area contributed by atoms with Crippen molar-refractivity contribution in [3.63, 3.8) is 0 Å². The highest BCUT2D eigenvalue weighted by Crippen LogP contribution is 2.28. The predicted octanol–water partition coefficient (Wildman–Crippen LogP) is 6.31. The molecule has 1 N–H and O–H groups in total. The third kappa shape index (κ3) is 9.59. The Kier molecular flexibility index (Phi) is 12.4. The van der Waals surface area contributed by atoms with Gasteiger partial charge in [0.2, 0.25) is 11.8 Å². The summed E-state index contributed by atoms with van der Waals surface area (Å²) in [7, 11) is -4.25. The number of sulfonamides is 1. The van der Waals surface area contributed by atoms with Gasteiger partial charge in [0.05, 0.1) is 17.2 Å². The molecule has 0 heterocycles. The summed E-state index contributed by atoms with van der Waals surface area (Å²) in [4.78, 5) is 30.6. The van der Waals surface area contributed by atoms with Crippen molar-refractivity contribution in [2.45, 2.75) is 55.6 Å². The molecule has 0 aliphatic carbocycles. The molecule has 47 heavy (non-hydrogen) atoms. The van der Waals surface area contributed by atoms with E-state index in [9.17, 15) is 22.4 Å². The van der Waals surface area contributed by atoms with Crippen LogP contribution in [0.1, 0.15) is 31.9 Å². The third-order valence-corrected chi connectivity index (χ3v) is 9.86. The number of carbonyl (C=O) groups is 2. The molecule has 4 aromatic carbocycles. The fraction of sp³-hybridized carbons (Fsp3) is 0.278. The van der Waals surface area contributed by atoms with Gasteiger partial charge in [0.25, 0.3) is 10.0 Å². The van der Waals surface area contributed by atoms with E-state index in [-0.39, 0.29) is 35.5 Å². The summed E-state index contributed by atoms with van der Waals surface area (Å²) in [5.41, 5.74) is 1.65. The monoisotopic (exact) mass is 677 g/mol. The van der Waals surface area contributed by atoms with Gasteiger partial charge < -0.3 is 15.0 Å². The van der Waals surface area contributed by atoms with Gasteiger partial charge in [-0.2, -0.15) is 0 Å². The fourth-order valence-electron chi connectivity index (χ4n) is 5.00. The van der Waals surface area contributed by atoms with Gasteiger partial charge in [-0.1, -0.05) is 42.5 Å². The summed E-state index contributed by atoms with van der Waals surface area (Å²) >= 11 is 1.48. The van der Waals surface area contributed by atoms with Crippen LogP contribution in [-0.4, -0.2) is 56.6 Å². The first-order valence-corrected chi connectivity index (χ1v) is 18.0. The molecule has 0 radical (unpaired) electrons. The number of hydrogen-bond acceptors (Lipinski definition) is 6. The molecule has 0 aliphatic heterocycles. The molecule has 1 atom stereocenters. The van der Waals surface area contributed by atoms with Crippen molar-refractivity contribution in [1.82, 2.24) is 10.2 Å². The van der Waals surface area contributed by atoms with Crippen LogP contribution >= 0.6 is 11.8 Å². The Labute approximate surface area is 281 Å². The molecular formula is C36H40FN3O5S2. The number of ether oxygens (including phenoxy) is 1. The maximum absolute atomic E-state index is 14.5. The zero-order valence-corrected chi connectivity index (χ0v) is 28.6. The minimum Gasteiger partial charge on any atom is -0.494 e. The van der Waals surface area contributed by atoms with Gasteiger partial charge in [0.1, 0.15) is 24.2 Å². The van der Waals surface area contributed by atoms with Crippen molar-refractivity contribution in [2.24, 2.45) is 0 Å². The van der Waals surface area contributed by atoms with Crippen LogP contribution < -0.4 is 14.4 Å². The van der Waals surface area contributed by atoms with E-state index in [0.29, 0.717) is 17.9 Å². The number of rotatable bonds is 15. The van der Waals surface area contributed by atoms with Crippen molar-refractivity contribution >= 4 is 39.3 Å². The van der Waals surface area contributed by atoms with Gasteiger partial charge in [-0.3, -0.25) is 13.9 Å². The molecule has 11 heteroatoms. The molecule has 0 saturated carbocycles. The highest BCUT2D eigenvalue weighted by Gasteiger charge is 2.35. The van der Waals surface area contributed by atoms with Crippen molar-refractivity contribution in [1.29, 1.82) is 0 Å². The van der Waals surface area contributed by atoms with E-state index in [2.05, 4.69) is 5.32 Å². The van der Waals surface area contributed by atoms with Crippen LogP contribution in [0.15, 0.2) is 113 Å². The Morgan fingerprint density at radius 3 is 2.09 bits per heavy atom. The molecular weight excluding hydrogens is 638 g/mol. The number of carbonyl (C=O) groups excluding carboxylic acids is 2. The van der Waals surface area contributed by atoms with Crippen LogP contribution in [0.2, 0.25) is 0 Å². The second-order valence-electron chi connectivity index (χ2n) is 11.1. The Balaban J connectivity index is 1.80. The number of thioether (sulfide) groups is 1. The quantitative estimate of drug-likeness (QED) is 0.148. The number of halogens is 1. The van der Waals surface area contributed by atoms with Gasteiger partial charge >= 0.3 is 0 Å². The first-order valence-electron chi connectivity index (χ1n) is 15.3. The molecule has 0 fully saturated rings. The van der Waals surface area contributed by atoms with E-state index in [0.717, 1.165) is 14.8 Å². The van der Waals surface area contributed by atoms with Crippen LogP contribution in [0.5, 0.6) is 5.75 Å². The maximum atomic E-state index is 14.5. The van der Waals surface area contributed by atoms with Crippen LogP contribution in [0, 0.1) is 5.82 Å². The van der Waals surface area contributed by atoms with Crippen LogP contribution in [0.25, 0.3) is 0 Å². The number of benzene rings is 4.